The van der Waals surface area contributed by atoms with Crippen LogP contribution in [0, 0.1) is 5.92 Å². The van der Waals surface area contributed by atoms with Gasteiger partial charge in [0, 0.05) is 5.92 Å². The molecule has 112 valence electrons. The van der Waals surface area contributed by atoms with Gasteiger partial charge in [-0.05, 0) is 35.4 Å². The maximum absolute atomic E-state index is 2.32. The summed E-state index contributed by atoms with van der Waals surface area (Å²) in [5, 5.41) is 0. The fourth-order valence-corrected chi connectivity index (χ4v) is 3.35. The summed E-state index contributed by atoms with van der Waals surface area (Å²) in [5.74, 6) is 1.07. The van der Waals surface area contributed by atoms with E-state index in [9.17, 15) is 0 Å². The van der Waals surface area contributed by atoms with Crippen molar-refractivity contribution < 1.29 is 0 Å². The van der Waals surface area contributed by atoms with Gasteiger partial charge in [0.25, 0.3) is 0 Å². The van der Waals surface area contributed by atoms with Gasteiger partial charge in [-0.1, -0.05) is 92.2 Å². The monoisotopic (exact) mass is 288 g/mol. The number of allylic oxidation sites excluding steroid dienone is 4. The molecule has 0 heteroatoms. The molecular weight excluding hydrogens is 264 g/mol. The molecule has 22 heavy (non-hydrogen) atoms. The molecule has 0 aliphatic heterocycles. The quantitative estimate of drug-likeness (QED) is 0.642. The summed E-state index contributed by atoms with van der Waals surface area (Å²) >= 11 is 0. The first-order valence-electron chi connectivity index (χ1n) is 8.22. The van der Waals surface area contributed by atoms with E-state index in [4.69, 9.17) is 0 Å². The SMILES string of the molecule is CC(C)C(c1ccccc1)c1ccc(CC2=CC=CC2)cc1. The maximum atomic E-state index is 2.32. The second-order valence-electron chi connectivity index (χ2n) is 6.51. The van der Waals surface area contributed by atoms with E-state index < -0.39 is 0 Å². The molecular formula is C22H24. The zero-order chi connectivity index (χ0) is 15.4. The molecule has 1 aliphatic carbocycles. The first-order chi connectivity index (χ1) is 10.7. The van der Waals surface area contributed by atoms with Gasteiger partial charge in [0.1, 0.15) is 0 Å². The molecule has 2 aromatic carbocycles. The van der Waals surface area contributed by atoms with Crippen molar-refractivity contribution in [2.75, 3.05) is 0 Å². The van der Waals surface area contributed by atoms with E-state index in [1.165, 1.54) is 22.3 Å². The van der Waals surface area contributed by atoms with E-state index >= 15 is 0 Å². The first kappa shape index (κ1) is 14.8. The molecule has 0 amide bonds. The average Bonchev–Trinajstić information content (AvgIpc) is 3.03. The Bertz CT molecular complexity index is 657. The first-order valence-corrected chi connectivity index (χ1v) is 8.22. The largest absolute Gasteiger partial charge is 0.0804 e. The highest BCUT2D eigenvalue weighted by molar-refractivity contribution is 5.36. The second kappa shape index (κ2) is 6.79. The highest BCUT2D eigenvalue weighted by Gasteiger charge is 2.17. The molecule has 3 rings (SSSR count). The van der Waals surface area contributed by atoms with Crippen molar-refractivity contribution in [1.82, 2.24) is 0 Å². The summed E-state index contributed by atoms with van der Waals surface area (Å²) in [7, 11) is 0. The molecule has 0 heterocycles. The van der Waals surface area contributed by atoms with Gasteiger partial charge in [-0.25, -0.2) is 0 Å². The molecule has 1 unspecified atom stereocenters. The Balaban J connectivity index is 1.80. The van der Waals surface area contributed by atoms with Crippen LogP contribution >= 0.6 is 0 Å². The lowest BCUT2D eigenvalue weighted by Gasteiger charge is -2.22. The molecule has 0 saturated carbocycles. The van der Waals surface area contributed by atoms with E-state index in [1.54, 1.807) is 0 Å². The minimum absolute atomic E-state index is 0.475. The Hall–Kier alpha value is -2.08. The van der Waals surface area contributed by atoms with Crippen LogP contribution in [-0.2, 0) is 6.42 Å². The minimum Gasteiger partial charge on any atom is -0.0804 e. The summed E-state index contributed by atoms with van der Waals surface area (Å²) in [5.41, 5.74) is 5.75. The van der Waals surface area contributed by atoms with Gasteiger partial charge in [0.15, 0.2) is 0 Å². The van der Waals surface area contributed by atoms with Gasteiger partial charge in [-0.2, -0.15) is 0 Å². The molecule has 0 N–H and O–H groups in total. The van der Waals surface area contributed by atoms with Crippen molar-refractivity contribution in [3.8, 4) is 0 Å². The third-order valence-electron chi connectivity index (χ3n) is 4.44. The van der Waals surface area contributed by atoms with Crippen molar-refractivity contribution in [3.63, 3.8) is 0 Å². The molecule has 0 bridgehead atoms. The highest BCUT2D eigenvalue weighted by atomic mass is 14.2. The third-order valence-corrected chi connectivity index (χ3v) is 4.44. The van der Waals surface area contributed by atoms with Crippen LogP contribution in [0.2, 0.25) is 0 Å². The molecule has 0 radical (unpaired) electrons. The predicted molar refractivity (Wildman–Crippen MR) is 95.1 cm³/mol. The Morgan fingerprint density at radius 3 is 2.14 bits per heavy atom. The zero-order valence-electron chi connectivity index (χ0n) is 13.5. The van der Waals surface area contributed by atoms with Crippen LogP contribution in [0.4, 0.5) is 0 Å². The average molecular weight is 288 g/mol. The van der Waals surface area contributed by atoms with E-state index in [0.717, 1.165) is 12.8 Å². The van der Waals surface area contributed by atoms with E-state index in [-0.39, 0.29) is 0 Å². The van der Waals surface area contributed by atoms with Crippen LogP contribution < -0.4 is 0 Å². The predicted octanol–water partition coefficient (Wildman–Crippen LogP) is 5.90. The topological polar surface area (TPSA) is 0 Å². The van der Waals surface area contributed by atoms with Crippen LogP contribution in [0.25, 0.3) is 0 Å². The van der Waals surface area contributed by atoms with Crippen molar-refractivity contribution in [2.24, 2.45) is 5.92 Å². The Morgan fingerprint density at radius 2 is 1.55 bits per heavy atom. The maximum Gasteiger partial charge on any atom is 0.0112 e. The third kappa shape index (κ3) is 3.39. The van der Waals surface area contributed by atoms with Gasteiger partial charge >= 0.3 is 0 Å². The van der Waals surface area contributed by atoms with Crippen molar-refractivity contribution >= 4 is 0 Å². The van der Waals surface area contributed by atoms with Crippen molar-refractivity contribution in [2.45, 2.75) is 32.6 Å². The van der Waals surface area contributed by atoms with Crippen LogP contribution in [-0.4, -0.2) is 0 Å². The summed E-state index contributed by atoms with van der Waals surface area (Å²) in [6.45, 7) is 4.61. The normalized spacial score (nSPS) is 15.1. The molecule has 1 aliphatic rings. The zero-order valence-corrected chi connectivity index (χ0v) is 13.5. The molecule has 0 aromatic heterocycles. The Kier molecular flexibility index (Phi) is 4.58. The van der Waals surface area contributed by atoms with Crippen LogP contribution in [0.5, 0.6) is 0 Å². The molecule has 0 saturated heterocycles. The number of hydrogen-bond acceptors (Lipinski definition) is 0. The molecule has 0 nitrogen and oxygen atoms in total. The Morgan fingerprint density at radius 1 is 0.864 bits per heavy atom. The van der Waals surface area contributed by atoms with E-state index in [1.807, 2.05) is 0 Å². The summed E-state index contributed by atoms with van der Waals surface area (Å²) in [4.78, 5) is 0. The van der Waals surface area contributed by atoms with E-state index in [2.05, 4.69) is 86.7 Å². The van der Waals surface area contributed by atoms with Gasteiger partial charge in [0.05, 0.1) is 0 Å². The second-order valence-corrected chi connectivity index (χ2v) is 6.51. The molecule has 0 spiro atoms. The molecule has 2 aromatic rings. The lowest BCUT2D eigenvalue weighted by atomic mass is 9.82. The lowest BCUT2D eigenvalue weighted by Crippen LogP contribution is -2.08. The fourth-order valence-electron chi connectivity index (χ4n) is 3.35. The lowest BCUT2D eigenvalue weighted by molar-refractivity contribution is 0.564. The van der Waals surface area contributed by atoms with Gasteiger partial charge in [0.2, 0.25) is 0 Å². The van der Waals surface area contributed by atoms with Gasteiger partial charge in [-0.15, -0.1) is 0 Å². The smallest absolute Gasteiger partial charge is 0.0112 e. The fraction of sp³-hybridized carbons (Fsp3) is 0.273. The van der Waals surface area contributed by atoms with Crippen molar-refractivity contribution in [3.05, 3.63) is 95.1 Å². The Labute approximate surface area is 134 Å². The minimum atomic E-state index is 0.475. The summed E-state index contributed by atoms with van der Waals surface area (Å²) in [6, 6.07) is 20.1. The van der Waals surface area contributed by atoms with Gasteiger partial charge < -0.3 is 0 Å². The van der Waals surface area contributed by atoms with Gasteiger partial charge in [-0.3, -0.25) is 0 Å². The highest BCUT2D eigenvalue weighted by Crippen LogP contribution is 2.32. The van der Waals surface area contributed by atoms with Crippen molar-refractivity contribution in [1.29, 1.82) is 0 Å². The molecule has 1 atom stereocenters. The molecule has 0 fully saturated rings. The summed E-state index contributed by atoms with van der Waals surface area (Å²) in [6.07, 6.45) is 8.82. The number of hydrogen-bond donors (Lipinski definition) is 0. The van der Waals surface area contributed by atoms with Crippen LogP contribution in [0.3, 0.4) is 0 Å². The number of benzene rings is 2. The summed E-state index contributed by atoms with van der Waals surface area (Å²) < 4.78 is 0. The standard InChI is InChI=1S/C22H24/c1-17(2)22(20-10-4-3-5-11-20)21-14-12-19(13-15-21)16-18-8-6-7-9-18/h3-8,10-15,17,22H,9,16H2,1-2H3. The van der Waals surface area contributed by atoms with Crippen LogP contribution in [0.1, 0.15) is 42.9 Å². The number of rotatable bonds is 5. The van der Waals surface area contributed by atoms with Crippen LogP contribution in [0.15, 0.2) is 78.4 Å². The van der Waals surface area contributed by atoms with E-state index in [0.29, 0.717) is 11.8 Å².